The quantitative estimate of drug-likeness (QED) is 0.167. The summed E-state index contributed by atoms with van der Waals surface area (Å²) < 4.78 is 13.7. The van der Waals surface area contributed by atoms with Gasteiger partial charge in [0.1, 0.15) is 17.0 Å². The van der Waals surface area contributed by atoms with Crippen molar-refractivity contribution < 1.29 is 4.42 Å². The van der Waals surface area contributed by atoms with E-state index in [1.54, 1.807) is 0 Å². The molecule has 0 aliphatic heterocycles. The fourth-order valence-electron chi connectivity index (χ4n) is 10.5. The Hall–Kier alpha value is -8.93. The third-order valence-corrected chi connectivity index (χ3v) is 13.4. The zero-order chi connectivity index (χ0) is 43.3. The molecule has 0 spiro atoms. The number of nitrogens with zero attached hydrogens (tertiary/aromatic N) is 4. The van der Waals surface area contributed by atoms with E-state index in [-0.39, 0.29) is 0 Å². The first-order valence-corrected chi connectivity index (χ1v) is 22.4. The van der Waals surface area contributed by atoms with E-state index in [1.165, 1.54) is 43.6 Å². The molecular weight excluding hydrogens is 805 g/mol. The second kappa shape index (κ2) is 14.3. The molecule has 0 saturated heterocycles. The van der Waals surface area contributed by atoms with E-state index in [2.05, 4.69) is 232 Å². The van der Waals surface area contributed by atoms with Crippen LogP contribution in [0.25, 0.3) is 127 Å². The number of rotatable bonds is 6. The Morgan fingerprint density at radius 1 is 0.273 bits per heavy atom. The number of imidazole rings is 1. The average molecular weight is 843 g/mol. The molecule has 14 aromatic rings. The van der Waals surface area contributed by atoms with Gasteiger partial charge in [0.05, 0.1) is 33.1 Å². The summed E-state index contributed by atoms with van der Waals surface area (Å²) in [4.78, 5) is 5.10. The van der Waals surface area contributed by atoms with Crippen molar-refractivity contribution in [3.8, 4) is 50.7 Å². The number of aromatic nitrogens is 4. The maximum absolute atomic E-state index is 6.57. The molecule has 14 rings (SSSR count). The lowest BCUT2D eigenvalue weighted by Crippen LogP contribution is -2.00. The molecule has 4 heterocycles. The van der Waals surface area contributed by atoms with Gasteiger partial charge in [-0.3, -0.25) is 4.57 Å². The molecule has 0 aliphatic rings. The number of fused-ring (bicyclic) bond motifs is 10. The first-order valence-electron chi connectivity index (χ1n) is 22.4. The highest BCUT2D eigenvalue weighted by molar-refractivity contribution is 6.11. The summed E-state index contributed by atoms with van der Waals surface area (Å²) in [5, 5.41) is 7.10. The molecule has 10 aromatic carbocycles. The van der Waals surface area contributed by atoms with E-state index in [9.17, 15) is 0 Å². The van der Waals surface area contributed by atoms with Crippen LogP contribution in [0, 0.1) is 0 Å². The lowest BCUT2D eigenvalue weighted by atomic mass is 9.99. The summed E-state index contributed by atoms with van der Waals surface area (Å²) in [6, 6.07) is 82.8. The minimum atomic E-state index is 0.859. The third kappa shape index (κ3) is 5.57. The molecule has 0 atom stereocenters. The molecule has 0 aliphatic carbocycles. The third-order valence-electron chi connectivity index (χ3n) is 13.4. The van der Waals surface area contributed by atoms with Crippen LogP contribution in [0.5, 0.6) is 0 Å². The summed E-state index contributed by atoms with van der Waals surface area (Å²) >= 11 is 0. The molecule has 0 amide bonds. The van der Waals surface area contributed by atoms with Crippen molar-refractivity contribution in [1.82, 2.24) is 18.7 Å². The fourth-order valence-corrected chi connectivity index (χ4v) is 10.5. The summed E-state index contributed by atoms with van der Waals surface area (Å²) in [5.41, 5.74) is 17.2. The molecule has 5 heteroatoms. The summed E-state index contributed by atoms with van der Waals surface area (Å²) in [7, 11) is 0. The zero-order valence-corrected chi connectivity index (χ0v) is 35.6. The Morgan fingerprint density at radius 2 is 0.712 bits per heavy atom. The van der Waals surface area contributed by atoms with Crippen LogP contribution in [0.15, 0.2) is 235 Å². The predicted octanol–water partition coefficient (Wildman–Crippen LogP) is 16.1. The molecule has 0 N–H and O–H groups in total. The zero-order valence-electron chi connectivity index (χ0n) is 35.6. The normalized spacial score (nSPS) is 11.9. The average Bonchev–Trinajstić information content (AvgIpc) is 4.14. The fraction of sp³-hybridized carbons (Fsp3) is 0. The van der Waals surface area contributed by atoms with Crippen molar-refractivity contribution in [3.63, 3.8) is 0 Å². The van der Waals surface area contributed by atoms with Gasteiger partial charge >= 0.3 is 0 Å². The largest absolute Gasteiger partial charge is 0.456 e. The van der Waals surface area contributed by atoms with Crippen LogP contribution in [0.3, 0.4) is 0 Å². The summed E-state index contributed by atoms with van der Waals surface area (Å²) in [6.07, 6.45) is 0. The van der Waals surface area contributed by atoms with E-state index < -0.39 is 0 Å². The highest BCUT2D eigenvalue weighted by Gasteiger charge is 2.19. The van der Waals surface area contributed by atoms with Gasteiger partial charge in [-0.1, -0.05) is 140 Å². The Balaban J connectivity index is 0.952. The molecule has 0 bridgehead atoms. The van der Waals surface area contributed by atoms with Crippen LogP contribution < -0.4 is 0 Å². The van der Waals surface area contributed by atoms with Crippen LogP contribution in [-0.2, 0) is 0 Å². The van der Waals surface area contributed by atoms with Crippen molar-refractivity contribution in [2.75, 3.05) is 0 Å². The molecule has 5 nitrogen and oxygen atoms in total. The maximum Gasteiger partial charge on any atom is 0.145 e. The van der Waals surface area contributed by atoms with Crippen molar-refractivity contribution >= 4 is 76.6 Å². The SMILES string of the molecule is c1ccc(-c2nc3ccccc3n2-c2cccc(-c3ccc4oc5ccc(-c6cc(-n7c8ccccc8c8ccccc87)cc(-n7c8ccccc8c8ccccc87)c6)cc5c4c3)c2)cc1. The smallest absolute Gasteiger partial charge is 0.145 e. The topological polar surface area (TPSA) is 40.8 Å². The number of para-hydroxylation sites is 6. The van der Waals surface area contributed by atoms with E-state index in [4.69, 9.17) is 9.40 Å². The number of hydrogen-bond donors (Lipinski definition) is 0. The first kappa shape index (κ1) is 36.5. The van der Waals surface area contributed by atoms with Crippen LogP contribution in [0.2, 0.25) is 0 Å². The van der Waals surface area contributed by atoms with Crippen molar-refractivity contribution in [1.29, 1.82) is 0 Å². The van der Waals surface area contributed by atoms with Gasteiger partial charge in [0.25, 0.3) is 0 Å². The van der Waals surface area contributed by atoms with Crippen LogP contribution in [0.4, 0.5) is 0 Å². The second-order valence-corrected chi connectivity index (χ2v) is 17.2. The molecule has 0 radical (unpaired) electrons. The van der Waals surface area contributed by atoms with Gasteiger partial charge in [-0.15, -0.1) is 0 Å². The van der Waals surface area contributed by atoms with Gasteiger partial charge in [0.15, 0.2) is 0 Å². The lowest BCUT2D eigenvalue weighted by Gasteiger charge is -2.16. The van der Waals surface area contributed by atoms with Gasteiger partial charge in [-0.25, -0.2) is 4.98 Å². The van der Waals surface area contributed by atoms with Gasteiger partial charge in [0, 0.05) is 54.9 Å². The van der Waals surface area contributed by atoms with Gasteiger partial charge in [-0.05, 0) is 113 Å². The number of hydrogen-bond acceptors (Lipinski definition) is 2. The van der Waals surface area contributed by atoms with Gasteiger partial charge in [0.2, 0.25) is 0 Å². The van der Waals surface area contributed by atoms with Gasteiger partial charge < -0.3 is 13.6 Å². The van der Waals surface area contributed by atoms with Crippen molar-refractivity contribution in [2.24, 2.45) is 0 Å². The minimum Gasteiger partial charge on any atom is -0.456 e. The molecular formula is C61H38N4O. The second-order valence-electron chi connectivity index (χ2n) is 17.2. The van der Waals surface area contributed by atoms with Crippen molar-refractivity contribution in [2.45, 2.75) is 0 Å². The Morgan fingerprint density at radius 3 is 1.27 bits per heavy atom. The summed E-state index contributed by atoms with van der Waals surface area (Å²) in [6.45, 7) is 0. The van der Waals surface area contributed by atoms with E-state index in [0.717, 1.165) is 83.7 Å². The predicted molar refractivity (Wildman–Crippen MR) is 273 cm³/mol. The highest BCUT2D eigenvalue weighted by atomic mass is 16.3. The lowest BCUT2D eigenvalue weighted by molar-refractivity contribution is 0.669. The van der Waals surface area contributed by atoms with Crippen LogP contribution >= 0.6 is 0 Å². The molecule has 4 aromatic heterocycles. The highest BCUT2D eigenvalue weighted by Crippen LogP contribution is 2.40. The van der Waals surface area contributed by atoms with E-state index in [0.29, 0.717) is 0 Å². The molecule has 308 valence electrons. The maximum atomic E-state index is 6.57. The molecule has 0 fully saturated rings. The minimum absolute atomic E-state index is 0.859. The Bertz CT molecular complexity index is 4000. The number of benzene rings is 10. The van der Waals surface area contributed by atoms with E-state index in [1.807, 2.05) is 12.1 Å². The van der Waals surface area contributed by atoms with Gasteiger partial charge in [-0.2, -0.15) is 0 Å². The van der Waals surface area contributed by atoms with E-state index >= 15 is 0 Å². The number of furan rings is 1. The first-order chi connectivity index (χ1) is 32.7. The molecule has 0 unspecified atom stereocenters. The molecule has 0 saturated carbocycles. The Kier molecular flexibility index (Phi) is 7.91. The standard InChI is InChI=1S/C61H38N4O/c1-2-15-39(16-3-1)61-62-53-23-8-13-28-58(53)65(61)44-18-14-17-40(33-44)41-29-31-59-51(36-41)52-37-42(30-32-60(52)66-59)43-34-45(63-54-24-9-4-19-47(54)48-20-5-10-25-55(48)63)38-46(35-43)64-56-26-11-6-21-49(56)50-22-7-12-27-57(50)64/h1-38H. The van der Waals surface area contributed by atoms with Crippen LogP contribution in [-0.4, -0.2) is 18.7 Å². The Labute approximate surface area is 379 Å². The van der Waals surface area contributed by atoms with Crippen LogP contribution in [0.1, 0.15) is 0 Å². The molecule has 66 heavy (non-hydrogen) atoms. The summed E-state index contributed by atoms with van der Waals surface area (Å²) in [5.74, 6) is 0.918. The monoisotopic (exact) mass is 842 g/mol. The van der Waals surface area contributed by atoms with Crippen molar-refractivity contribution in [3.05, 3.63) is 231 Å².